The van der Waals surface area contributed by atoms with Crippen LogP contribution in [0.25, 0.3) is 0 Å². The second kappa shape index (κ2) is 5.42. The molecule has 1 heterocycles. The topological polar surface area (TPSA) is 86.1 Å². The molecule has 0 aliphatic rings. The van der Waals surface area contributed by atoms with Crippen LogP contribution < -0.4 is 5.32 Å². The van der Waals surface area contributed by atoms with Crippen molar-refractivity contribution < 1.29 is 14.3 Å². The van der Waals surface area contributed by atoms with Gasteiger partial charge in [0.1, 0.15) is 6.04 Å². The molecule has 17 heavy (non-hydrogen) atoms. The summed E-state index contributed by atoms with van der Waals surface area (Å²) in [6.45, 7) is 3.55. The van der Waals surface area contributed by atoms with Gasteiger partial charge in [-0.15, -0.1) is 5.10 Å². The number of methoxy groups -OCH3 is 1. The van der Waals surface area contributed by atoms with Crippen LogP contribution in [0.2, 0.25) is 0 Å². The van der Waals surface area contributed by atoms with Gasteiger partial charge in [0, 0.05) is 7.05 Å². The highest BCUT2D eigenvalue weighted by atomic mass is 16.5. The van der Waals surface area contributed by atoms with Crippen LogP contribution in [0.3, 0.4) is 0 Å². The zero-order chi connectivity index (χ0) is 13.0. The molecule has 7 heteroatoms. The first-order valence-electron chi connectivity index (χ1n) is 5.30. The van der Waals surface area contributed by atoms with Gasteiger partial charge in [-0.3, -0.25) is 4.79 Å². The Kier molecular flexibility index (Phi) is 4.19. The Morgan fingerprint density at radius 1 is 1.53 bits per heavy atom. The van der Waals surface area contributed by atoms with Gasteiger partial charge in [-0.05, 0) is 13.3 Å². The Bertz CT molecular complexity index is 427. The van der Waals surface area contributed by atoms with E-state index in [9.17, 15) is 9.59 Å². The zero-order valence-corrected chi connectivity index (χ0v) is 10.4. The number of carbonyl (C=O) groups excluding carboxylic acids is 2. The van der Waals surface area contributed by atoms with Crippen LogP contribution in [0, 0.1) is 0 Å². The number of esters is 1. The van der Waals surface area contributed by atoms with Crippen molar-refractivity contribution in [3.05, 3.63) is 11.4 Å². The maximum absolute atomic E-state index is 11.5. The molecule has 1 aromatic heterocycles. The average Bonchev–Trinajstić information content (AvgIpc) is 2.79. The molecule has 7 nitrogen and oxygen atoms in total. The van der Waals surface area contributed by atoms with Crippen molar-refractivity contribution in [2.24, 2.45) is 0 Å². The number of ether oxygens (including phenoxy) is 1. The van der Waals surface area contributed by atoms with E-state index in [0.29, 0.717) is 12.1 Å². The van der Waals surface area contributed by atoms with Gasteiger partial charge in [0.15, 0.2) is 5.69 Å². The van der Waals surface area contributed by atoms with Crippen LogP contribution in [0.4, 0.5) is 0 Å². The number of aromatic nitrogens is 3. The Morgan fingerprint density at radius 3 is 2.65 bits per heavy atom. The van der Waals surface area contributed by atoms with Crippen molar-refractivity contribution in [1.82, 2.24) is 20.3 Å². The number of hydrogen-bond donors (Lipinski definition) is 1. The first kappa shape index (κ1) is 13.1. The van der Waals surface area contributed by atoms with Crippen LogP contribution in [-0.4, -0.2) is 41.0 Å². The lowest BCUT2D eigenvalue weighted by molar-refractivity contribution is -0.123. The first-order chi connectivity index (χ1) is 8.06. The van der Waals surface area contributed by atoms with Crippen LogP contribution >= 0.6 is 0 Å². The molecule has 1 amide bonds. The monoisotopic (exact) mass is 240 g/mol. The highest BCUT2D eigenvalue weighted by molar-refractivity contribution is 5.88. The predicted octanol–water partition coefficient (Wildman–Crippen LogP) is -0.0659. The fourth-order valence-corrected chi connectivity index (χ4v) is 1.53. The zero-order valence-electron chi connectivity index (χ0n) is 10.4. The van der Waals surface area contributed by atoms with Gasteiger partial charge in [-0.2, -0.15) is 0 Å². The molecular weight excluding hydrogens is 224 g/mol. The molecule has 0 aliphatic heterocycles. The van der Waals surface area contributed by atoms with Crippen molar-refractivity contribution in [2.45, 2.75) is 26.3 Å². The molecule has 1 N–H and O–H groups in total. The van der Waals surface area contributed by atoms with E-state index in [2.05, 4.69) is 20.4 Å². The number of nitrogens with one attached hydrogen (secondary N) is 1. The maximum Gasteiger partial charge on any atom is 0.360 e. The summed E-state index contributed by atoms with van der Waals surface area (Å²) < 4.78 is 6.04. The molecule has 1 aromatic rings. The van der Waals surface area contributed by atoms with Gasteiger partial charge in [-0.1, -0.05) is 12.1 Å². The van der Waals surface area contributed by atoms with Crippen LogP contribution in [-0.2, 0) is 16.0 Å². The molecule has 94 valence electrons. The summed E-state index contributed by atoms with van der Waals surface area (Å²) in [5.74, 6) is -0.738. The summed E-state index contributed by atoms with van der Waals surface area (Å²) in [6, 6.07) is -0.513. The summed E-state index contributed by atoms with van der Waals surface area (Å²) in [6.07, 6.45) is 0.540. The van der Waals surface area contributed by atoms with E-state index in [-0.39, 0.29) is 11.6 Å². The minimum Gasteiger partial charge on any atom is -0.464 e. The fraction of sp³-hybridized carbons (Fsp3) is 0.600. The lowest BCUT2D eigenvalue weighted by Gasteiger charge is -2.12. The second-order valence-corrected chi connectivity index (χ2v) is 3.46. The SMILES string of the molecule is CCc1c(C(=O)OC)nnn1C(C)C(=O)NC. The molecule has 0 saturated heterocycles. The highest BCUT2D eigenvalue weighted by Gasteiger charge is 2.24. The predicted molar refractivity (Wildman–Crippen MR) is 59.5 cm³/mol. The number of carbonyl (C=O) groups is 2. The molecule has 0 bridgehead atoms. The van der Waals surface area contributed by atoms with E-state index in [1.54, 1.807) is 14.0 Å². The lowest BCUT2D eigenvalue weighted by Crippen LogP contribution is -2.29. The number of nitrogens with zero attached hydrogens (tertiary/aromatic N) is 3. The second-order valence-electron chi connectivity index (χ2n) is 3.46. The minimum atomic E-state index is -0.544. The van der Waals surface area contributed by atoms with E-state index >= 15 is 0 Å². The molecule has 0 saturated carbocycles. The third kappa shape index (κ3) is 2.43. The summed E-state index contributed by atoms with van der Waals surface area (Å²) in [5.41, 5.74) is 0.749. The van der Waals surface area contributed by atoms with Crippen LogP contribution in [0.1, 0.15) is 36.1 Å². The summed E-state index contributed by atoms with van der Waals surface area (Å²) in [7, 11) is 2.82. The molecule has 0 radical (unpaired) electrons. The van der Waals surface area contributed by atoms with Gasteiger partial charge in [0.2, 0.25) is 5.91 Å². The largest absolute Gasteiger partial charge is 0.464 e. The molecule has 0 aromatic carbocycles. The molecule has 0 aliphatic carbocycles. The van der Waals surface area contributed by atoms with Crippen molar-refractivity contribution in [3.63, 3.8) is 0 Å². The summed E-state index contributed by atoms with van der Waals surface area (Å²) in [5, 5.41) is 10.1. The number of amides is 1. The molecular formula is C10H16N4O3. The summed E-state index contributed by atoms with van der Waals surface area (Å²) >= 11 is 0. The van der Waals surface area contributed by atoms with Crippen molar-refractivity contribution in [2.75, 3.05) is 14.2 Å². The number of rotatable bonds is 4. The quantitative estimate of drug-likeness (QED) is 0.745. The first-order valence-corrected chi connectivity index (χ1v) is 5.30. The fourth-order valence-electron chi connectivity index (χ4n) is 1.53. The Hall–Kier alpha value is -1.92. The Labute approximate surface area is 99.1 Å². The van der Waals surface area contributed by atoms with E-state index in [4.69, 9.17) is 0 Å². The standard InChI is InChI=1S/C10H16N4O3/c1-5-7-8(10(16)17-4)12-13-14(7)6(2)9(15)11-3/h6H,5H2,1-4H3,(H,11,15). The maximum atomic E-state index is 11.5. The Balaban J connectivity index is 3.14. The third-order valence-corrected chi connectivity index (χ3v) is 2.50. The van der Waals surface area contributed by atoms with E-state index in [0.717, 1.165) is 0 Å². The van der Waals surface area contributed by atoms with Crippen molar-refractivity contribution >= 4 is 11.9 Å². The number of hydrogen-bond acceptors (Lipinski definition) is 5. The van der Waals surface area contributed by atoms with Gasteiger partial charge in [0.25, 0.3) is 0 Å². The third-order valence-electron chi connectivity index (χ3n) is 2.50. The highest BCUT2D eigenvalue weighted by Crippen LogP contribution is 2.13. The lowest BCUT2D eigenvalue weighted by atomic mass is 10.2. The smallest absolute Gasteiger partial charge is 0.360 e. The number of likely N-dealkylation sites (N-methyl/N-ethyl adjacent to an activating group) is 1. The normalized spacial score (nSPS) is 12.0. The van der Waals surface area contributed by atoms with Crippen molar-refractivity contribution in [3.8, 4) is 0 Å². The molecule has 1 atom stereocenters. The molecule has 1 rings (SSSR count). The molecule has 0 fully saturated rings. The molecule has 0 spiro atoms. The van der Waals surface area contributed by atoms with Crippen LogP contribution in [0.5, 0.6) is 0 Å². The van der Waals surface area contributed by atoms with Crippen LogP contribution in [0.15, 0.2) is 0 Å². The van der Waals surface area contributed by atoms with E-state index in [1.165, 1.54) is 11.8 Å². The van der Waals surface area contributed by atoms with E-state index in [1.807, 2.05) is 6.92 Å². The Morgan fingerprint density at radius 2 is 2.18 bits per heavy atom. The van der Waals surface area contributed by atoms with Gasteiger partial charge < -0.3 is 10.1 Å². The van der Waals surface area contributed by atoms with Gasteiger partial charge >= 0.3 is 5.97 Å². The van der Waals surface area contributed by atoms with Gasteiger partial charge in [0.05, 0.1) is 12.8 Å². The average molecular weight is 240 g/mol. The summed E-state index contributed by atoms with van der Waals surface area (Å²) in [4.78, 5) is 22.9. The van der Waals surface area contributed by atoms with Gasteiger partial charge in [-0.25, -0.2) is 9.48 Å². The molecule has 1 unspecified atom stereocenters. The van der Waals surface area contributed by atoms with E-state index < -0.39 is 12.0 Å². The minimum absolute atomic E-state index is 0.158. The van der Waals surface area contributed by atoms with Crippen molar-refractivity contribution in [1.29, 1.82) is 0 Å².